The molecule has 0 atom stereocenters. The van der Waals surface area contributed by atoms with Crippen LogP contribution in [0.3, 0.4) is 0 Å². The van der Waals surface area contributed by atoms with Gasteiger partial charge in [0.1, 0.15) is 23.6 Å². The number of hydrogen-bond donors (Lipinski definition) is 3. The number of carbonyl (C=O) groups is 1. The number of hydrogen-bond acceptors (Lipinski definition) is 5. The first-order valence-electron chi connectivity index (χ1n) is 10.7. The summed E-state index contributed by atoms with van der Waals surface area (Å²) < 4.78 is 53.8. The Bertz CT molecular complexity index is 1640. The van der Waals surface area contributed by atoms with Gasteiger partial charge in [0.05, 0.1) is 21.8 Å². The molecule has 5 rings (SSSR count). The van der Waals surface area contributed by atoms with E-state index >= 15 is 0 Å². The van der Waals surface area contributed by atoms with Crippen molar-refractivity contribution in [2.24, 2.45) is 0 Å². The van der Waals surface area contributed by atoms with Gasteiger partial charge in [0.2, 0.25) is 0 Å². The number of H-pyrrole nitrogens is 1. The number of carbonyl (C=O) groups excluding carboxylic acids is 1. The Morgan fingerprint density at radius 2 is 1.78 bits per heavy atom. The van der Waals surface area contributed by atoms with Crippen LogP contribution in [0.5, 0.6) is 0 Å². The highest BCUT2D eigenvalue weighted by Crippen LogP contribution is 2.36. The molecular formula is C25H15ClF4N6O. The van der Waals surface area contributed by atoms with Crippen LogP contribution in [0, 0.1) is 5.82 Å². The van der Waals surface area contributed by atoms with Gasteiger partial charge in [0, 0.05) is 34.7 Å². The number of pyridine rings is 1. The van der Waals surface area contributed by atoms with Crippen LogP contribution in [0.2, 0.25) is 5.02 Å². The van der Waals surface area contributed by atoms with Gasteiger partial charge in [0.25, 0.3) is 5.91 Å². The third-order valence-corrected chi connectivity index (χ3v) is 5.72. The van der Waals surface area contributed by atoms with Gasteiger partial charge in [-0.25, -0.2) is 19.3 Å². The number of aromatic nitrogens is 4. The van der Waals surface area contributed by atoms with Gasteiger partial charge in [0.15, 0.2) is 0 Å². The predicted octanol–water partition coefficient (Wildman–Crippen LogP) is 6.83. The lowest BCUT2D eigenvalue weighted by Crippen LogP contribution is -2.16. The Kier molecular flexibility index (Phi) is 6.22. The van der Waals surface area contributed by atoms with Crippen molar-refractivity contribution in [1.29, 1.82) is 0 Å². The Labute approximate surface area is 211 Å². The number of alkyl halides is 3. The van der Waals surface area contributed by atoms with Crippen molar-refractivity contribution in [1.82, 2.24) is 19.9 Å². The van der Waals surface area contributed by atoms with Crippen LogP contribution in [-0.2, 0) is 6.18 Å². The molecule has 7 nitrogen and oxygen atoms in total. The van der Waals surface area contributed by atoms with Crippen molar-refractivity contribution in [2.45, 2.75) is 6.18 Å². The van der Waals surface area contributed by atoms with E-state index in [2.05, 4.69) is 30.6 Å². The number of nitrogens with one attached hydrogen (secondary N) is 3. The largest absolute Gasteiger partial charge is 0.417 e. The van der Waals surface area contributed by atoms with Crippen molar-refractivity contribution in [2.75, 3.05) is 10.6 Å². The van der Waals surface area contributed by atoms with Crippen LogP contribution < -0.4 is 10.6 Å². The van der Waals surface area contributed by atoms with E-state index in [-0.39, 0.29) is 5.69 Å². The van der Waals surface area contributed by atoms with Crippen LogP contribution in [0.4, 0.5) is 34.8 Å². The van der Waals surface area contributed by atoms with Gasteiger partial charge in [-0.05, 0) is 48.5 Å². The topological polar surface area (TPSA) is 95.6 Å². The Morgan fingerprint density at radius 1 is 0.973 bits per heavy atom. The van der Waals surface area contributed by atoms with Gasteiger partial charge in [-0.1, -0.05) is 17.7 Å². The van der Waals surface area contributed by atoms with Crippen LogP contribution in [0.1, 0.15) is 15.9 Å². The molecule has 0 spiro atoms. The van der Waals surface area contributed by atoms with Gasteiger partial charge in [-0.15, -0.1) is 0 Å². The van der Waals surface area contributed by atoms with E-state index in [4.69, 9.17) is 11.6 Å². The van der Waals surface area contributed by atoms with E-state index < -0.39 is 34.1 Å². The van der Waals surface area contributed by atoms with Crippen molar-refractivity contribution < 1.29 is 22.4 Å². The molecule has 3 N–H and O–H groups in total. The van der Waals surface area contributed by atoms with E-state index in [0.29, 0.717) is 40.5 Å². The molecule has 0 unspecified atom stereocenters. The molecule has 3 aromatic heterocycles. The van der Waals surface area contributed by atoms with Crippen LogP contribution >= 0.6 is 11.6 Å². The minimum absolute atomic E-state index is 0.213. The number of amides is 1. The zero-order valence-electron chi connectivity index (χ0n) is 18.6. The second kappa shape index (κ2) is 9.51. The minimum atomic E-state index is -4.85. The highest BCUT2D eigenvalue weighted by molar-refractivity contribution is 6.31. The third-order valence-electron chi connectivity index (χ3n) is 5.41. The maximum Gasteiger partial charge on any atom is 0.417 e. The molecule has 186 valence electrons. The highest BCUT2D eigenvalue weighted by atomic mass is 35.5. The number of halogens is 5. The second-order valence-corrected chi connectivity index (χ2v) is 8.24. The van der Waals surface area contributed by atoms with E-state index in [0.717, 1.165) is 5.39 Å². The third kappa shape index (κ3) is 4.94. The quantitative estimate of drug-likeness (QED) is 0.218. The molecule has 0 aliphatic carbocycles. The number of anilines is 3. The fourth-order valence-electron chi connectivity index (χ4n) is 3.73. The molecule has 0 bridgehead atoms. The van der Waals surface area contributed by atoms with E-state index in [1.807, 2.05) is 12.1 Å². The Morgan fingerprint density at radius 3 is 2.59 bits per heavy atom. The number of benzene rings is 2. The Hall–Kier alpha value is -4.51. The second-order valence-electron chi connectivity index (χ2n) is 7.83. The molecule has 0 saturated heterocycles. The lowest BCUT2D eigenvalue weighted by atomic mass is 10.1. The summed E-state index contributed by atoms with van der Waals surface area (Å²) in [6, 6.07) is 12.6. The van der Waals surface area contributed by atoms with Crippen molar-refractivity contribution in [3.05, 3.63) is 95.3 Å². The summed E-state index contributed by atoms with van der Waals surface area (Å²) in [7, 11) is 0. The minimum Gasteiger partial charge on any atom is -0.346 e. The summed E-state index contributed by atoms with van der Waals surface area (Å²) in [5.41, 5.74) is 0.612. The van der Waals surface area contributed by atoms with Gasteiger partial charge in [-0.2, -0.15) is 13.2 Å². The Balaban J connectivity index is 1.42. The standard InChI is InChI=1S/C25H15ClF4N6O/c26-19-11-20(27)17(10-18(19)25(28,29)30)24(37)36-14-4-1-3-13(9-14)35-23-15(5-2-7-31-23)21-16-6-8-32-22(16)34-12-33-21/h1-12H,(H,31,35)(H,36,37)(H,32,33,34). The molecule has 0 fully saturated rings. The first-order valence-corrected chi connectivity index (χ1v) is 11.1. The van der Waals surface area contributed by atoms with Gasteiger partial charge < -0.3 is 15.6 Å². The zero-order valence-corrected chi connectivity index (χ0v) is 19.3. The van der Waals surface area contributed by atoms with Crippen LogP contribution in [-0.4, -0.2) is 25.8 Å². The van der Waals surface area contributed by atoms with E-state index in [9.17, 15) is 22.4 Å². The van der Waals surface area contributed by atoms with Crippen molar-refractivity contribution in [3.63, 3.8) is 0 Å². The lowest BCUT2D eigenvalue weighted by Gasteiger charge is -2.14. The number of rotatable bonds is 5. The molecule has 12 heteroatoms. The summed E-state index contributed by atoms with van der Waals surface area (Å²) in [6.07, 6.45) is -0.0744. The van der Waals surface area contributed by atoms with Crippen LogP contribution in [0.25, 0.3) is 22.3 Å². The molecule has 0 aliphatic heterocycles. The fraction of sp³-hybridized carbons (Fsp3) is 0.0400. The molecule has 1 amide bonds. The van der Waals surface area contributed by atoms with Gasteiger partial charge in [-0.3, -0.25) is 4.79 Å². The van der Waals surface area contributed by atoms with Crippen LogP contribution in [0.15, 0.2) is 73.3 Å². The van der Waals surface area contributed by atoms with Crippen molar-refractivity contribution in [3.8, 4) is 11.3 Å². The summed E-state index contributed by atoms with van der Waals surface area (Å²) in [5.74, 6) is -1.78. The zero-order chi connectivity index (χ0) is 26.2. The number of fused-ring (bicyclic) bond motifs is 1. The monoisotopic (exact) mass is 526 g/mol. The fourth-order valence-corrected chi connectivity index (χ4v) is 3.99. The number of aromatic amines is 1. The maximum atomic E-state index is 14.3. The SMILES string of the molecule is O=C(Nc1cccc(Nc2ncccc2-c2ncnc3[nH]ccc23)c1)c1cc(C(F)(F)F)c(Cl)cc1F. The lowest BCUT2D eigenvalue weighted by molar-refractivity contribution is -0.137. The molecule has 5 aromatic rings. The normalized spacial score (nSPS) is 11.5. The first-order chi connectivity index (χ1) is 17.7. The molecule has 2 aromatic carbocycles. The molecular weight excluding hydrogens is 512 g/mol. The molecule has 37 heavy (non-hydrogen) atoms. The summed E-state index contributed by atoms with van der Waals surface area (Å²) in [4.78, 5) is 28.6. The number of nitrogens with zero attached hydrogens (tertiary/aromatic N) is 3. The average Bonchev–Trinajstić information content (AvgIpc) is 3.33. The molecule has 3 heterocycles. The average molecular weight is 527 g/mol. The predicted molar refractivity (Wildman–Crippen MR) is 131 cm³/mol. The smallest absolute Gasteiger partial charge is 0.346 e. The summed E-state index contributed by atoms with van der Waals surface area (Å²) >= 11 is 5.52. The van der Waals surface area contributed by atoms with E-state index in [1.54, 1.807) is 30.6 Å². The van der Waals surface area contributed by atoms with Crippen molar-refractivity contribution >= 4 is 45.7 Å². The maximum absolute atomic E-state index is 14.3. The summed E-state index contributed by atoms with van der Waals surface area (Å²) in [6.45, 7) is 0. The highest BCUT2D eigenvalue weighted by Gasteiger charge is 2.35. The molecule has 0 saturated carbocycles. The van der Waals surface area contributed by atoms with E-state index in [1.165, 1.54) is 18.5 Å². The summed E-state index contributed by atoms with van der Waals surface area (Å²) in [5, 5.41) is 5.53. The van der Waals surface area contributed by atoms with Gasteiger partial charge >= 0.3 is 6.18 Å². The molecule has 0 radical (unpaired) electrons. The molecule has 0 aliphatic rings. The first kappa shape index (κ1) is 24.2.